The normalized spacial score (nSPS) is 27.4. The van der Waals surface area contributed by atoms with Crippen LogP contribution in [0.2, 0.25) is 0 Å². The highest BCUT2D eigenvalue weighted by Crippen LogP contribution is 2.49. The molecule has 37 heavy (non-hydrogen) atoms. The molecular weight excluding hydrogens is 488 g/mol. The Morgan fingerprint density at radius 1 is 1.11 bits per heavy atom. The molecule has 1 aromatic carbocycles. The van der Waals surface area contributed by atoms with Gasteiger partial charge in [0.15, 0.2) is 11.3 Å². The average Bonchev–Trinajstić information content (AvgIpc) is 3.55. The first kappa shape index (κ1) is 27.6. The van der Waals surface area contributed by atoms with E-state index >= 15 is 0 Å². The number of hydrogen-bond acceptors (Lipinski definition) is 11. The second-order valence-electron chi connectivity index (χ2n) is 9.69. The number of methoxy groups -OCH3 is 1. The molecule has 0 amide bonds. The standard InChI is InChI=1S/C26H36O11/c1-3-34-18(29)7-6-14-10-15-16(26(13-28)8-4-5-9-26)12-35-23(15)24(33-2)22(14)37-25-21(32)20(31)19(30)17(11-27)36-25/h10,12,17,19-21,25,27-28,30-32H,3-9,11,13H2,1-2H3/t17-,19-,20+,21-,25-/m1/s1. The number of carbonyl (C=O) groups excluding carboxylic acids is 1. The molecular formula is C26H36O11. The molecule has 1 aromatic heterocycles. The Labute approximate surface area is 214 Å². The maximum Gasteiger partial charge on any atom is 0.306 e. The highest BCUT2D eigenvalue weighted by Gasteiger charge is 2.45. The van der Waals surface area contributed by atoms with Crippen molar-refractivity contribution in [3.63, 3.8) is 0 Å². The summed E-state index contributed by atoms with van der Waals surface area (Å²) >= 11 is 0. The van der Waals surface area contributed by atoms with Gasteiger partial charge in [0, 0.05) is 22.8 Å². The van der Waals surface area contributed by atoms with Crippen molar-refractivity contribution in [2.75, 3.05) is 26.9 Å². The fourth-order valence-corrected chi connectivity index (χ4v) is 5.40. The molecule has 11 nitrogen and oxygen atoms in total. The molecule has 2 fully saturated rings. The molecule has 0 spiro atoms. The van der Waals surface area contributed by atoms with E-state index in [9.17, 15) is 30.3 Å². The third-order valence-corrected chi connectivity index (χ3v) is 7.48. The summed E-state index contributed by atoms with van der Waals surface area (Å²) in [5.74, 6) is -0.102. The maximum atomic E-state index is 12.2. The van der Waals surface area contributed by atoms with Crippen LogP contribution in [0.25, 0.3) is 11.0 Å². The quantitative estimate of drug-likeness (QED) is 0.280. The van der Waals surface area contributed by atoms with Crippen molar-refractivity contribution in [1.29, 1.82) is 0 Å². The van der Waals surface area contributed by atoms with Crippen LogP contribution in [0, 0.1) is 0 Å². The fraction of sp³-hybridized carbons (Fsp3) is 0.654. The number of hydrogen-bond donors (Lipinski definition) is 5. The van der Waals surface area contributed by atoms with Crippen molar-refractivity contribution in [2.45, 2.75) is 81.6 Å². The van der Waals surface area contributed by atoms with Gasteiger partial charge in [0.05, 0.1) is 33.2 Å². The van der Waals surface area contributed by atoms with Gasteiger partial charge in [0.1, 0.15) is 24.4 Å². The number of rotatable bonds is 10. The van der Waals surface area contributed by atoms with Gasteiger partial charge in [0.25, 0.3) is 0 Å². The van der Waals surface area contributed by atoms with Crippen molar-refractivity contribution in [2.24, 2.45) is 0 Å². The summed E-state index contributed by atoms with van der Waals surface area (Å²) in [6.45, 7) is 1.31. The van der Waals surface area contributed by atoms with Crippen LogP contribution in [0.3, 0.4) is 0 Å². The molecule has 5 atom stereocenters. The predicted octanol–water partition coefficient (Wildman–Crippen LogP) is 0.920. The molecule has 2 aliphatic rings. The van der Waals surface area contributed by atoms with Crippen molar-refractivity contribution in [1.82, 2.24) is 0 Å². The first-order valence-electron chi connectivity index (χ1n) is 12.6. The van der Waals surface area contributed by atoms with Crippen LogP contribution in [0.15, 0.2) is 16.7 Å². The Morgan fingerprint density at radius 3 is 2.46 bits per heavy atom. The van der Waals surface area contributed by atoms with E-state index in [4.69, 9.17) is 23.4 Å². The summed E-state index contributed by atoms with van der Waals surface area (Å²) in [5.41, 5.74) is 1.28. The topological polar surface area (TPSA) is 168 Å². The monoisotopic (exact) mass is 524 g/mol. The maximum absolute atomic E-state index is 12.2. The summed E-state index contributed by atoms with van der Waals surface area (Å²) in [7, 11) is 1.42. The van der Waals surface area contributed by atoms with E-state index in [1.54, 1.807) is 13.2 Å². The van der Waals surface area contributed by atoms with E-state index in [-0.39, 0.29) is 37.6 Å². The van der Waals surface area contributed by atoms with Gasteiger partial charge in [-0.05, 0) is 37.8 Å². The van der Waals surface area contributed by atoms with Gasteiger partial charge >= 0.3 is 5.97 Å². The van der Waals surface area contributed by atoms with Crippen LogP contribution in [-0.2, 0) is 26.1 Å². The zero-order valence-electron chi connectivity index (χ0n) is 21.1. The SMILES string of the molecule is CCOC(=O)CCc1cc2c(C3(CO)CCCC3)coc2c(OC)c1O[C@H]1O[C@H](CO)[C@@H](O)[C@H](O)[C@H]1O. The summed E-state index contributed by atoms with van der Waals surface area (Å²) in [6, 6.07) is 1.81. The first-order valence-corrected chi connectivity index (χ1v) is 12.6. The molecule has 0 radical (unpaired) electrons. The zero-order valence-corrected chi connectivity index (χ0v) is 21.1. The molecule has 2 aromatic rings. The molecule has 2 heterocycles. The highest BCUT2D eigenvalue weighted by molar-refractivity contribution is 5.91. The number of aryl methyl sites for hydroxylation is 1. The Balaban J connectivity index is 1.79. The molecule has 1 saturated carbocycles. The van der Waals surface area contributed by atoms with E-state index in [1.807, 2.05) is 6.07 Å². The number of furan rings is 1. The van der Waals surface area contributed by atoms with Crippen LogP contribution < -0.4 is 9.47 Å². The molecule has 0 bridgehead atoms. The summed E-state index contributed by atoms with van der Waals surface area (Å²) in [4.78, 5) is 12.2. The molecule has 5 N–H and O–H groups in total. The van der Waals surface area contributed by atoms with Gasteiger partial charge in [-0.2, -0.15) is 0 Å². The number of fused-ring (bicyclic) bond motifs is 1. The van der Waals surface area contributed by atoms with Crippen LogP contribution in [0.5, 0.6) is 11.5 Å². The van der Waals surface area contributed by atoms with E-state index in [2.05, 4.69) is 0 Å². The number of benzene rings is 1. The molecule has 0 unspecified atom stereocenters. The largest absolute Gasteiger partial charge is 0.490 e. The van der Waals surface area contributed by atoms with Crippen LogP contribution in [0.1, 0.15) is 50.2 Å². The molecule has 206 valence electrons. The first-order chi connectivity index (χ1) is 17.8. The van der Waals surface area contributed by atoms with E-state index in [0.29, 0.717) is 16.5 Å². The Kier molecular flexibility index (Phi) is 8.62. The lowest BCUT2D eigenvalue weighted by Crippen LogP contribution is -2.60. The van der Waals surface area contributed by atoms with Crippen molar-refractivity contribution in [3.05, 3.63) is 23.5 Å². The zero-order chi connectivity index (χ0) is 26.7. The fourth-order valence-electron chi connectivity index (χ4n) is 5.40. The van der Waals surface area contributed by atoms with Gasteiger partial charge in [-0.15, -0.1) is 0 Å². The predicted molar refractivity (Wildman–Crippen MR) is 129 cm³/mol. The van der Waals surface area contributed by atoms with Crippen LogP contribution in [-0.4, -0.2) is 89.1 Å². The molecule has 1 aliphatic carbocycles. The second kappa shape index (κ2) is 11.5. The van der Waals surface area contributed by atoms with E-state index in [0.717, 1.165) is 31.2 Å². The minimum absolute atomic E-state index is 0.0336. The molecule has 4 rings (SSSR count). The number of aliphatic hydroxyl groups excluding tert-OH is 5. The highest BCUT2D eigenvalue weighted by atomic mass is 16.7. The minimum Gasteiger partial charge on any atom is -0.490 e. The van der Waals surface area contributed by atoms with Gasteiger partial charge in [-0.25, -0.2) is 0 Å². The van der Waals surface area contributed by atoms with Crippen molar-refractivity contribution >= 4 is 16.9 Å². The van der Waals surface area contributed by atoms with Gasteiger partial charge in [-0.1, -0.05) is 12.8 Å². The summed E-state index contributed by atoms with van der Waals surface area (Å²) in [5, 5.41) is 51.5. The van der Waals surface area contributed by atoms with E-state index in [1.165, 1.54) is 7.11 Å². The van der Waals surface area contributed by atoms with Gasteiger partial charge in [-0.3, -0.25) is 4.79 Å². The second-order valence-corrected chi connectivity index (χ2v) is 9.69. The van der Waals surface area contributed by atoms with Gasteiger partial charge < -0.3 is 48.9 Å². The third-order valence-electron chi connectivity index (χ3n) is 7.48. The lowest BCUT2D eigenvalue weighted by Gasteiger charge is -2.39. The lowest BCUT2D eigenvalue weighted by atomic mass is 9.79. The Morgan fingerprint density at radius 2 is 1.84 bits per heavy atom. The molecule has 1 saturated heterocycles. The molecule has 11 heteroatoms. The van der Waals surface area contributed by atoms with Crippen molar-refractivity contribution in [3.8, 4) is 11.5 Å². The Bertz CT molecular complexity index is 1070. The van der Waals surface area contributed by atoms with E-state index < -0.39 is 48.7 Å². The summed E-state index contributed by atoms with van der Waals surface area (Å²) in [6.07, 6.45) is -2.02. The number of ether oxygens (including phenoxy) is 4. The van der Waals surface area contributed by atoms with Crippen LogP contribution >= 0.6 is 0 Å². The number of esters is 1. The number of aliphatic hydroxyl groups is 5. The third kappa shape index (κ3) is 5.16. The smallest absolute Gasteiger partial charge is 0.306 e. The minimum atomic E-state index is -1.64. The number of carbonyl (C=O) groups is 1. The lowest BCUT2D eigenvalue weighted by molar-refractivity contribution is -0.277. The summed E-state index contributed by atoms with van der Waals surface area (Å²) < 4.78 is 28.2. The van der Waals surface area contributed by atoms with Crippen LogP contribution in [0.4, 0.5) is 0 Å². The van der Waals surface area contributed by atoms with Gasteiger partial charge in [0.2, 0.25) is 12.0 Å². The Hall–Kier alpha value is -2.41. The van der Waals surface area contributed by atoms with Crippen molar-refractivity contribution < 1.29 is 53.7 Å². The molecule has 1 aliphatic heterocycles. The average molecular weight is 525 g/mol.